The molecule has 4 rings (SSSR count). The summed E-state index contributed by atoms with van der Waals surface area (Å²) in [5.41, 5.74) is -0.261. The van der Waals surface area contributed by atoms with Gasteiger partial charge in [-0.15, -0.1) is 0 Å². The van der Waals surface area contributed by atoms with E-state index in [9.17, 15) is 14.0 Å². The van der Waals surface area contributed by atoms with Crippen molar-refractivity contribution in [2.45, 2.75) is 38.6 Å². The Balaban J connectivity index is 2.06. The van der Waals surface area contributed by atoms with E-state index in [0.717, 1.165) is 19.3 Å². The van der Waals surface area contributed by atoms with Crippen molar-refractivity contribution in [1.82, 2.24) is 4.98 Å². The first-order valence-corrected chi connectivity index (χ1v) is 6.41. The molecule has 0 unspecified atom stereocenters. The lowest BCUT2D eigenvalue weighted by Gasteiger charge is -2.65. The Morgan fingerprint density at radius 3 is 2.42 bits per heavy atom. The van der Waals surface area contributed by atoms with Crippen LogP contribution in [0.4, 0.5) is 10.2 Å². The third-order valence-corrected chi connectivity index (χ3v) is 4.26. The van der Waals surface area contributed by atoms with Gasteiger partial charge >= 0.3 is 0 Å². The van der Waals surface area contributed by atoms with Crippen LogP contribution < -0.4 is 4.90 Å². The third kappa shape index (κ3) is 1.60. The molecule has 2 bridgehead atoms. The van der Waals surface area contributed by atoms with Crippen LogP contribution in [0.25, 0.3) is 0 Å². The molecule has 0 spiro atoms. The summed E-state index contributed by atoms with van der Waals surface area (Å²) in [7, 11) is 0. The van der Waals surface area contributed by atoms with Gasteiger partial charge < -0.3 is 0 Å². The molecule has 5 heteroatoms. The van der Waals surface area contributed by atoms with E-state index in [-0.39, 0.29) is 28.6 Å². The molecule has 1 heterocycles. The van der Waals surface area contributed by atoms with Crippen LogP contribution >= 0.6 is 0 Å². The van der Waals surface area contributed by atoms with Crippen molar-refractivity contribution >= 4 is 17.5 Å². The lowest BCUT2D eigenvalue weighted by Crippen LogP contribution is -2.70. The first-order chi connectivity index (χ1) is 8.94. The fraction of sp³-hybridized carbons (Fsp3) is 0.500. The Labute approximate surface area is 110 Å². The first-order valence-electron chi connectivity index (χ1n) is 6.41. The standard InChI is InChI=1S/C14H15FN2O2/c1-8(18)11-3-4-16-13(12(11)15)17(9(2)19)14-5-10(6-14)7-14/h3-4,10H,5-7H2,1-2H3. The molecule has 0 radical (unpaired) electrons. The summed E-state index contributed by atoms with van der Waals surface area (Å²) in [6.07, 6.45) is 4.13. The van der Waals surface area contributed by atoms with Crippen molar-refractivity contribution in [3.63, 3.8) is 0 Å². The SMILES string of the molecule is CC(=O)c1ccnc(N(C(C)=O)C23CC(C2)C3)c1F. The molecule has 19 heavy (non-hydrogen) atoms. The summed E-state index contributed by atoms with van der Waals surface area (Å²) in [6.45, 7) is 2.73. The molecular weight excluding hydrogens is 247 g/mol. The van der Waals surface area contributed by atoms with Gasteiger partial charge in [0, 0.05) is 13.1 Å². The van der Waals surface area contributed by atoms with Gasteiger partial charge in [-0.05, 0) is 38.2 Å². The third-order valence-electron chi connectivity index (χ3n) is 4.26. The van der Waals surface area contributed by atoms with E-state index in [4.69, 9.17) is 0 Å². The molecule has 1 aromatic heterocycles. The van der Waals surface area contributed by atoms with Crippen molar-refractivity contribution in [3.05, 3.63) is 23.6 Å². The van der Waals surface area contributed by atoms with Crippen LogP contribution in [0, 0.1) is 11.7 Å². The summed E-state index contributed by atoms with van der Waals surface area (Å²) in [5.74, 6) is -0.596. The number of ketones is 1. The van der Waals surface area contributed by atoms with Gasteiger partial charge in [0.2, 0.25) is 5.91 Å². The number of nitrogens with zero attached hydrogens (tertiary/aromatic N) is 2. The molecule has 0 atom stereocenters. The molecule has 3 aliphatic carbocycles. The van der Waals surface area contributed by atoms with E-state index in [1.807, 2.05) is 0 Å². The Hall–Kier alpha value is -1.78. The molecule has 0 aromatic carbocycles. The van der Waals surface area contributed by atoms with E-state index in [1.165, 1.54) is 31.0 Å². The number of pyridine rings is 1. The van der Waals surface area contributed by atoms with Gasteiger partial charge in [-0.2, -0.15) is 0 Å². The fourth-order valence-corrected chi connectivity index (χ4v) is 3.27. The van der Waals surface area contributed by atoms with E-state index in [0.29, 0.717) is 5.92 Å². The minimum Gasteiger partial charge on any atom is -0.294 e. The molecular formula is C14H15FN2O2. The summed E-state index contributed by atoms with van der Waals surface area (Å²) in [4.78, 5) is 28.7. The average Bonchev–Trinajstić information content (AvgIpc) is 2.21. The topological polar surface area (TPSA) is 50.3 Å². The number of carbonyl (C=O) groups excluding carboxylic acids is 2. The summed E-state index contributed by atoms with van der Waals surface area (Å²) in [5, 5.41) is 0. The average molecular weight is 262 g/mol. The second kappa shape index (κ2) is 3.85. The Morgan fingerprint density at radius 1 is 1.37 bits per heavy atom. The lowest BCUT2D eigenvalue weighted by atomic mass is 9.49. The van der Waals surface area contributed by atoms with Crippen molar-refractivity contribution < 1.29 is 14.0 Å². The number of Topliss-reactive ketones (excluding diaryl/α,β-unsaturated/α-hetero) is 1. The van der Waals surface area contributed by atoms with Crippen LogP contribution in [0.5, 0.6) is 0 Å². The zero-order valence-corrected chi connectivity index (χ0v) is 10.9. The van der Waals surface area contributed by atoms with E-state index in [2.05, 4.69) is 4.98 Å². The minimum absolute atomic E-state index is 0.00153. The zero-order valence-electron chi connectivity index (χ0n) is 10.9. The molecule has 3 fully saturated rings. The highest BCUT2D eigenvalue weighted by Gasteiger charge is 2.62. The smallest absolute Gasteiger partial charge is 0.225 e. The molecule has 0 aliphatic heterocycles. The minimum atomic E-state index is -0.685. The summed E-state index contributed by atoms with van der Waals surface area (Å²) < 4.78 is 14.4. The van der Waals surface area contributed by atoms with Gasteiger partial charge in [0.1, 0.15) is 0 Å². The van der Waals surface area contributed by atoms with Crippen LogP contribution in [0.1, 0.15) is 43.5 Å². The van der Waals surface area contributed by atoms with Crippen molar-refractivity contribution in [1.29, 1.82) is 0 Å². The second-order valence-corrected chi connectivity index (χ2v) is 5.61. The van der Waals surface area contributed by atoms with E-state index >= 15 is 0 Å². The van der Waals surface area contributed by atoms with E-state index < -0.39 is 5.82 Å². The van der Waals surface area contributed by atoms with Gasteiger partial charge in [0.15, 0.2) is 17.4 Å². The first kappa shape index (κ1) is 12.3. The Kier molecular flexibility index (Phi) is 2.49. The number of hydrogen-bond acceptors (Lipinski definition) is 3. The van der Waals surface area contributed by atoms with Crippen LogP contribution in [-0.2, 0) is 4.79 Å². The molecule has 4 nitrogen and oxygen atoms in total. The van der Waals surface area contributed by atoms with Crippen LogP contribution in [-0.4, -0.2) is 22.2 Å². The number of rotatable bonds is 3. The maximum atomic E-state index is 14.4. The predicted octanol–water partition coefficient (Wildman–Crippen LogP) is 2.33. The number of aromatic nitrogens is 1. The highest BCUT2D eigenvalue weighted by molar-refractivity contribution is 5.98. The molecule has 100 valence electrons. The molecule has 0 saturated heterocycles. The highest BCUT2D eigenvalue weighted by atomic mass is 19.1. The van der Waals surface area contributed by atoms with Gasteiger partial charge in [0.05, 0.1) is 11.1 Å². The van der Waals surface area contributed by atoms with Crippen molar-refractivity contribution in [2.24, 2.45) is 5.92 Å². The van der Waals surface area contributed by atoms with Gasteiger partial charge in [-0.25, -0.2) is 9.37 Å². The summed E-state index contributed by atoms with van der Waals surface area (Å²) in [6, 6.07) is 1.35. The second-order valence-electron chi connectivity index (χ2n) is 5.61. The van der Waals surface area contributed by atoms with Gasteiger partial charge in [-0.3, -0.25) is 14.5 Å². The van der Waals surface area contributed by atoms with Gasteiger partial charge in [-0.1, -0.05) is 0 Å². The molecule has 1 aromatic rings. The number of hydrogen-bond donors (Lipinski definition) is 0. The Bertz CT molecular complexity index is 568. The van der Waals surface area contributed by atoms with Gasteiger partial charge in [0.25, 0.3) is 0 Å². The number of halogens is 1. The maximum absolute atomic E-state index is 14.4. The summed E-state index contributed by atoms with van der Waals surface area (Å²) >= 11 is 0. The van der Waals surface area contributed by atoms with E-state index in [1.54, 1.807) is 0 Å². The van der Waals surface area contributed by atoms with Crippen LogP contribution in [0.2, 0.25) is 0 Å². The van der Waals surface area contributed by atoms with Crippen molar-refractivity contribution in [3.8, 4) is 0 Å². The quantitative estimate of drug-likeness (QED) is 0.785. The zero-order chi connectivity index (χ0) is 13.8. The number of amides is 1. The normalized spacial score (nSPS) is 27.2. The molecule has 3 saturated carbocycles. The lowest BCUT2D eigenvalue weighted by molar-refractivity contribution is -0.123. The largest absolute Gasteiger partial charge is 0.294 e. The molecule has 3 aliphatic rings. The van der Waals surface area contributed by atoms with Crippen molar-refractivity contribution in [2.75, 3.05) is 4.90 Å². The van der Waals surface area contributed by atoms with Crippen LogP contribution in [0.15, 0.2) is 12.3 Å². The maximum Gasteiger partial charge on any atom is 0.225 e. The molecule has 1 amide bonds. The molecule has 0 N–H and O–H groups in total. The highest BCUT2D eigenvalue weighted by Crippen LogP contribution is 2.61. The Morgan fingerprint density at radius 2 is 2.00 bits per heavy atom. The number of anilines is 1. The predicted molar refractivity (Wildman–Crippen MR) is 67.4 cm³/mol. The number of carbonyl (C=O) groups is 2. The fourth-order valence-electron chi connectivity index (χ4n) is 3.27. The van der Waals surface area contributed by atoms with Crippen LogP contribution in [0.3, 0.4) is 0 Å². The monoisotopic (exact) mass is 262 g/mol.